The van der Waals surface area contributed by atoms with Crippen molar-refractivity contribution in [2.24, 2.45) is 5.73 Å². The molecule has 2 N–H and O–H groups in total. The molecule has 0 amide bonds. The minimum absolute atomic E-state index is 0.628. The van der Waals surface area contributed by atoms with E-state index in [-0.39, 0.29) is 0 Å². The van der Waals surface area contributed by atoms with E-state index in [1.807, 2.05) is 42.6 Å². The Morgan fingerprint density at radius 3 is 2.56 bits per heavy atom. The molecule has 3 nitrogen and oxygen atoms in total. The third kappa shape index (κ3) is 1.79. The number of benzene rings is 1. The second-order valence-corrected chi connectivity index (χ2v) is 4.24. The monoisotopic (exact) mass is 237 g/mol. The molecular weight excluding hydrogens is 222 g/mol. The molecule has 0 aliphatic heterocycles. The van der Waals surface area contributed by atoms with Crippen molar-refractivity contribution in [2.45, 2.75) is 6.42 Å². The summed E-state index contributed by atoms with van der Waals surface area (Å²) in [5.74, 6) is 0. The Hall–Kier alpha value is -2.13. The first-order valence-corrected chi connectivity index (χ1v) is 6.11. The number of nitrogens with zero attached hydrogens (tertiary/aromatic N) is 2. The number of nitrogens with two attached hydrogens (primary N) is 1. The fraction of sp³-hybridized carbons (Fsp3) is 0.133. The van der Waals surface area contributed by atoms with Crippen LogP contribution < -0.4 is 5.73 Å². The van der Waals surface area contributed by atoms with Gasteiger partial charge in [-0.3, -0.25) is 0 Å². The maximum Gasteiger partial charge on any atom is 0.137 e. The Kier molecular flexibility index (Phi) is 2.82. The number of hydrogen-bond acceptors (Lipinski definition) is 2. The topological polar surface area (TPSA) is 43.3 Å². The van der Waals surface area contributed by atoms with Crippen LogP contribution in [0.15, 0.2) is 54.7 Å². The fourth-order valence-electron chi connectivity index (χ4n) is 2.25. The number of hydrogen-bond donors (Lipinski definition) is 1. The zero-order valence-corrected chi connectivity index (χ0v) is 10.1. The lowest BCUT2D eigenvalue weighted by Gasteiger charge is -2.03. The van der Waals surface area contributed by atoms with E-state index in [9.17, 15) is 0 Å². The van der Waals surface area contributed by atoms with E-state index in [2.05, 4.69) is 16.5 Å². The van der Waals surface area contributed by atoms with Crippen LogP contribution in [0.1, 0.15) is 5.69 Å². The molecule has 0 saturated heterocycles. The summed E-state index contributed by atoms with van der Waals surface area (Å²) in [5.41, 5.74) is 10.0. The molecular formula is C15H15N3. The van der Waals surface area contributed by atoms with Crippen molar-refractivity contribution in [3.8, 4) is 11.3 Å². The molecule has 3 heteroatoms. The third-order valence-electron chi connectivity index (χ3n) is 3.06. The number of imidazole rings is 1. The number of rotatable bonds is 3. The smallest absolute Gasteiger partial charge is 0.137 e. The maximum atomic E-state index is 5.72. The fourth-order valence-corrected chi connectivity index (χ4v) is 2.25. The predicted octanol–water partition coefficient (Wildman–Crippen LogP) is 2.50. The predicted molar refractivity (Wildman–Crippen MR) is 73.4 cm³/mol. The minimum Gasteiger partial charge on any atom is -0.330 e. The Labute approximate surface area is 106 Å². The summed E-state index contributed by atoms with van der Waals surface area (Å²) in [4.78, 5) is 4.71. The van der Waals surface area contributed by atoms with Gasteiger partial charge >= 0.3 is 0 Å². The first kappa shape index (κ1) is 11.0. The molecule has 0 spiro atoms. The van der Waals surface area contributed by atoms with Crippen molar-refractivity contribution < 1.29 is 0 Å². The second-order valence-electron chi connectivity index (χ2n) is 4.24. The van der Waals surface area contributed by atoms with Crippen LogP contribution in [0.2, 0.25) is 0 Å². The summed E-state index contributed by atoms with van der Waals surface area (Å²) in [5, 5.41) is 0. The van der Waals surface area contributed by atoms with Crippen LogP contribution in [0.3, 0.4) is 0 Å². The highest BCUT2D eigenvalue weighted by Crippen LogP contribution is 2.24. The largest absolute Gasteiger partial charge is 0.330 e. The van der Waals surface area contributed by atoms with Crippen LogP contribution in [-0.4, -0.2) is 15.9 Å². The van der Waals surface area contributed by atoms with Gasteiger partial charge in [-0.25, -0.2) is 4.98 Å². The molecule has 0 bridgehead atoms. The molecule has 0 unspecified atom stereocenters. The first-order valence-electron chi connectivity index (χ1n) is 6.11. The zero-order chi connectivity index (χ0) is 12.4. The van der Waals surface area contributed by atoms with Crippen LogP contribution in [0.4, 0.5) is 0 Å². The summed E-state index contributed by atoms with van der Waals surface area (Å²) in [6.45, 7) is 0.628. The van der Waals surface area contributed by atoms with Gasteiger partial charge in [-0.1, -0.05) is 36.4 Å². The molecule has 2 heterocycles. The van der Waals surface area contributed by atoms with Crippen molar-refractivity contribution in [3.05, 3.63) is 60.4 Å². The highest BCUT2D eigenvalue weighted by molar-refractivity contribution is 5.66. The number of pyridine rings is 1. The first-order chi connectivity index (χ1) is 8.90. The average Bonchev–Trinajstić information content (AvgIpc) is 2.80. The minimum atomic E-state index is 0.628. The van der Waals surface area contributed by atoms with E-state index >= 15 is 0 Å². The van der Waals surface area contributed by atoms with E-state index in [1.54, 1.807) is 0 Å². The molecule has 18 heavy (non-hydrogen) atoms. The van der Waals surface area contributed by atoms with Gasteiger partial charge in [0.1, 0.15) is 5.65 Å². The van der Waals surface area contributed by atoms with Crippen LogP contribution in [0, 0.1) is 0 Å². The lowest BCUT2D eigenvalue weighted by Crippen LogP contribution is -2.06. The molecule has 1 aromatic carbocycles. The number of fused-ring (bicyclic) bond motifs is 1. The van der Waals surface area contributed by atoms with E-state index in [4.69, 9.17) is 10.7 Å². The number of aromatic nitrogens is 2. The van der Waals surface area contributed by atoms with Gasteiger partial charge in [0.25, 0.3) is 0 Å². The maximum absolute atomic E-state index is 5.72. The lowest BCUT2D eigenvalue weighted by molar-refractivity contribution is 0.907. The van der Waals surface area contributed by atoms with Gasteiger partial charge in [0.15, 0.2) is 0 Å². The van der Waals surface area contributed by atoms with Gasteiger partial charge in [-0.15, -0.1) is 0 Å². The van der Waals surface area contributed by atoms with Crippen LogP contribution in [-0.2, 0) is 6.42 Å². The van der Waals surface area contributed by atoms with Crippen molar-refractivity contribution in [2.75, 3.05) is 6.54 Å². The quantitative estimate of drug-likeness (QED) is 0.760. The summed E-state index contributed by atoms with van der Waals surface area (Å²) in [7, 11) is 0. The summed E-state index contributed by atoms with van der Waals surface area (Å²) in [6, 6.07) is 16.3. The molecule has 3 aromatic rings. The van der Waals surface area contributed by atoms with Crippen LogP contribution >= 0.6 is 0 Å². The molecule has 0 atom stereocenters. The highest BCUT2D eigenvalue weighted by Gasteiger charge is 2.12. The molecule has 2 aromatic heterocycles. The SMILES string of the molecule is NCCc1c(-c2ccccc2)nc2ccccn12. The standard InChI is InChI=1S/C15H15N3/c16-10-9-13-15(12-6-2-1-3-7-12)17-14-8-4-5-11-18(13)14/h1-8,11H,9-10,16H2. The summed E-state index contributed by atoms with van der Waals surface area (Å²) < 4.78 is 2.12. The van der Waals surface area contributed by atoms with Crippen molar-refractivity contribution in [1.29, 1.82) is 0 Å². The van der Waals surface area contributed by atoms with Gasteiger partial charge < -0.3 is 10.1 Å². The molecule has 0 saturated carbocycles. The van der Waals surface area contributed by atoms with Gasteiger partial charge in [0.2, 0.25) is 0 Å². The van der Waals surface area contributed by atoms with E-state index < -0.39 is 0 Å². The van der Waals surface area contributed by atoms with Gasteiger partial charge in [-0.2, -0.15) is 0 Å². The van der Waals surface area contributed by atoms with Crippen molar-refractivity contribution in [1.82, 2.24) is 9.38 Å². The Morgan fingerprint density at radius 2 is 1.78 bits per heavy atom. The molecule has 0 fully saturated rings. The van der Waals surface area contributed by atoms with Crippen LogP contribution in [0.25, 0.3) is 16.9 Å². The summed E-state index contributed by atoms with van der Waals surface area (Å²) in [6.07, 6.45) is 2.87. The van der Waals surface area contributed by atoms with E-state index in [1.165, 1.54) is 5.69 Å². The van der Waals surface area contributed by atoms with E-state index in [0.717, 1.165) is 23.3 Å². The third-order valence-corrected chi connectivity index (χ3v) is 3.06. The molecule has 0 aliphatic rings. The molecule has 3 rings (SSSR count). The van der Waals surface area contributed by atoms with Crippen molar-refractivity contribution >= 4 is 5.65 Å². The Morgan fingerprint density at radius 1 is 1.00 bits per heavy atom. The molecule has 0 aliphatic carbocycles. The Balaban J connectivity index is 2.25. The van der Waals surface area contributed by atoms with Gasteiger partial charge in [-0.05, 0) is 18.7 Å². The zero-order valence-electron chi connectivity index (χ0n) is 10.1. The highest BCUT2D eigenvalue weighted by atomic mass is 15.0. The lowest BCUT2D eigenvalue weighted by atomic mass is 10.1. The molecule has 0 radical (unpaired) electrons. The normalized spacial score (nSPS) is 10.9. The van der Waals surface area contributed by atoms with Crippen molar-refractivity contribution in [3.63, 3.8) is 0 Å². The second kappa shape index (κ2) is 4.63. The van der Waals surface area contributed by atoms with Gasteiger partial charge in [0, 0.05) is 18.2 Å². The molecule has 90 valence electrons. The summed E-state index contributed by atoms with van der Waals surface area (Å²) >= 11 is 0. The Bertz CT molecular complexity index is 656. The van der Waals surface area contributed by atoms with Gasteiger partial charge in [0.05, 0.1) is 11.4 Å². The van der Waals surface area contributed by atoms with Crippen LogP contribution in [0.5, 0.6) is 0 Å². The average molecular weight is 237 g/mol. The van der Waals surface area contributed by atoms with E-state index in [0.29, 0.717) is 6.54 Å².